The minimum atomic E-state index is -0.843. The molecule has 0 aromatic rings. The number of hydrogen-bond acceptors (Lipinski definition) is 7. The Hall–Kier alpha value is -3.50. The summed E-state index contributed by atoms with van der Waals surface area (Å²) in [5.41, 5.74) is 15.6. The summed E-state index contributed by atoms with van der Waals surface area (Å²) >= 11 is 0. The molecule has 192 valence electrons. The van der Waals surface area contributed by atoms with Crippen molar-refractivity contribution in [2.75, 3.05) is 0 Å². The number of primary amides is 2. The molecule has 6 N–H and O–H groups in total. The molecule has 11 heteroatoms. The van der Waals surface area contributed by atoms with Crippen molar-refractivity contribution in [1.82, 2.24) is 10.9 Å². The summed E-state index contributed by atoms with van der Waals surface area (Å²) in [4.78, 5) is 41.5. The zero-order chi connectivity index (χ0) is 26.0. The van der Waals surface area contributed by atoms with E-state index in [9.17, 15) is 14.4 Å². The maximum atomic E-state index is 14.1. The lowest BCUT2D eigenvalue weighted by Crippen LogP contribution is -2.60. The first-order chi connectivity index (χ1) is 16.9. The number of nitrogens with zero attached hydrogens (tertiary/aromatic N) is 3. The molecule has 4 amide bonds. The molecule has 36 heavy (non-hydrogen) atoms. The van der Waals surface area contributed by atoms with Gasteiger partial charge in [0, 0.05) is 30.1 Å². The molecule has 0 unspecified atom stereocenters. The Morgan fingerprint density at radius 1 is 1.22 bits per heavy atom. The van der Waals surface area contributed by atoms with E-state index in [0.717, 1.165) is 24.8 Å². The van der Waals surface area contributed by atoms with E-state index >= 15 is 0 Å². The molecule has 5 rings (SSSR count). The summed E-state index contributed by atoms with van der Waals surface area (Å²) in [6.07, 6.45) is 8.34. The number of nitrogens with two attached hydrogens (primary N) is 2. The SMILES string of the molecule is CC1=N[C@]2(/C(C)=N\NC(N)=O)[C@@H](C[C@H]3[C@@H]4CCC5=C/C(=N\NC(N)=O)C=C[C@]5(C)[C@H]4C(=O)C[C@@]32C)O1. The van der Waals surface area contributed by atoms with Crippen LogP contribution in [0.5, 0.6) is 0 Å². The number of rotatable bonds is 3. The topological polar surface area (TPSA) is 174 Å². The highest BCUT2D eigenvalue weighted by Gasteiger charge is 2.73. The number of amides is 4. The first-order valence-electron chi connectivity index (χ1n) is 12.3. The van der Waals surface area contributed by atoms with Gasteiger partial charge in [-0.1, -0.05) is 25.5 Å². The fraction of sp³-hybridized carbons (Fsp3) is 0.600. The lowest BCUT2D eigenvalue weighted by molar-refractivity contribution is -0.142. The number of carbonyl (C=O) groups is 3. The lowest BCUT2D eigenvalue weighted by Gasteiger charge is -2.56. The third kappa shape index (κ3) is 3.24. The van der Waals surface area contributed by atoms with Crippen molar-refractivity contribution in [1.29, 1.82) is 0 Å². The van der Waals surface area contributed by atoms with E-state index in [1.165, 1.54) is 0 Å². The smallest absolute Gasteiger partial charge is 0.332 e. The maximum Gasteiger partial charge on any atom is 0.332 e. The van der Waals surface area contributed by atoms with Crippen LogP contribution in [0.25, 0.3) is 0 Å². The van der Waals surface area contributed by atoms with Crippen LogP contribution in [0.1, 0.15) is 53.4 Å². The van der Waals surface area contributed by atoms with Gasteiger partial charge in [0.25, 0.3) is 0 Å². The Labute approximate surface area is 209 Å². The predicted octanol–water partition coefficient (Wildman–Crippen LogP) is 2.14. The fourth-order valence-electron chi connectivity index (χ4n) is 7.98. The molecular formula is C25H33N7O4. The van der Waals surface area contributed by atoms with Crippen LogP contribution in [0.15, 0.2) is 39.0 Å². The second-order valence-electron chi connectivity index (χ2n) is 11.1. The molecule has 0 saturated heterocycles. The summed E-state index contributed by atoms with van der Waals surface area (Å²) in [7, 11) is 0. The highest BCUT2D eigenvalue weighted by Crippen LogP contribution is 2.68. The van der Waals surface area contributed by atoms with Crippen molar-refractivity contribution in [3.8, 4) is 0 Å². The summed E-state index contributed by atoms with van der Waals surface area (Å²) in [6.45, 7) is 7.90. The van der Waals surface area contributed by atoms with Crippen LogP contribution < -0.4 is 22.3 Å². The van der Waals surface area contributed by atoms with Crippen LogP contribution in [0.2, 0.25) is 0 Å². The van der Waals surface area contributed by atoms with E-state index in [0.29, 0.717) is 23.7 Å². The van der Waals surface area contributed by atoms with Crippen LogP contribution in [0.3, 0.4) is 0 Å². The number of hydrogen-bond donors (Lipinski definition) is 4. The molecule has 0 spiro atoms. The number of nitrogens with one attached hydrogen (secondary N) is 2. The zero-order valence-electron chi connectivity index (χ0n) is 21.0. The van der Waals surface area contributed by atoms with Gasteiger partial charge in [-0.05, 0) is 50.2 Å². The number of carbonyl (C=O) groups excluding carboxylic acids is 3. The first-order valence-corrected chi connectivity index (χ1v) is 12.3. The second-order valence-corrected chi connectivity index (χ2v) is 11.1. The van der Waals surface area contributed by atoms with Gasteiger partial charge in [-0.2, -0.15) is 10.2 Å². The largest absolute Gasteiger partial charge is 0.475 e. The Kier molecular flexibility index (Phi) is 5.38. The van der Waals surface area contributed by atoms with Gasteiger partial charge in [-0.3, -0.25) is 4.79 Å². The molecular weight excluding hydrogens is 462 g/mol. The van der Waals surface area contributed by atoms with E-state index < -0.39 is 28.4 Å². The molecule has 11 nitrogen and oxygen atoms in total. The molecule has 0 bridgehead atoms. The number of aliphatic imine (C=N–C) groups is 1. The molecule has 3 fully saturated rings. The maximum absolute atomic E-state index is 14.1. The van der Waals surface area contributed by atoms with Crippen LogP contribution in [0, 0.1) is 28.6 Å². The van der Waals surface area contributed by atoms with E-state index in [1.807, 2.05) is 26.0 Å². The second kappa shape index (κ2) is 8.01. The minimum Gasteiger partial charge on any atom is -0.475 e. The number of ether oxygens (including phenoxy) is 1. The van der Waals surface area contributed by atoms with Crippen molar-refractivity contribution < 1.29 is 19.1 Å². The van der Waals surface area contributed by atoms with Crippen molar-refractivity contribution in [2.45, 2.75) is 65.0 Å². The molecule has 1 aliphatic heterocycles. The molecule has 0 aromatic heterocycles. The van der Waals surface area contributed by atoms with Crippen molar-refractivity contribution in [3.05, 3.63) is 23.8 Å². The van der Waals surface area contributed by atoms with Gasteiger partial charge in [-0.15, -0.1) is 0 Å². The molecule has 0 aromatic carbocycles. The number of fused-ring (bicyclic) bond motifs is 7. The summed E-state index contributed by atoms with van der Waals surface area (Å²) in [5, 5.41) is 8.33. The van der Waals surface area contributed by atoms with E-state index in [2.05, 4.69) is 41.0 Å². The van der Waals surface area contributed by atoms with Crippen molar-refractivity contribution >= 4 is 35.2 Å². The van der Waals surface area contributed by atoms with E-state index in [-0.39, 0.29) is 29.6 Å². The molecule has 3 saturated carbocycles. The third-order valence-electron chi connectivity index (χ3n) is 9.29. The number of Topliss-reactive ketones (excluding diaryl/α,β-unsaturated/α-hetero) is 1. The normalized spacial score (nSPS) is 41.8. The first kappa shape index (κ1) is 24.2. The average Bonchev–Trinajstić information content (AvgIpc) is 3.26. The molecule has 4 aliphatic carbocycles. The van der Waals surface area contributed by atoms with Crippen LogP contribution in [-0.2, 0) is 9.53 Å². The van der Waals surface area contributed by atoms with Gasteiger partial charge in [0.2, 0.25) is 0 Å². The standard InChI is InChI=1S/C25H33N7O4/c1-12(29-31-21(26)34)25-19(36-13(2)28-25)10-17-16-6-5-14-9-15(30-32-22(27)35)7-8-23(14,3)20(16)18(33)11-24(17,25)4/h7-9,16-17,19-20H,5-6,10-11H2,1-4H3,(H3,26,31,34)(H3,27,32,35)/b29-12-,30-15-/t16-,17-,19+,20+,23-,24-,25+/m0/s1. The van der Waals surface area contributed by atoms with Gasteiger partial charge < -0.3 is 16.2 Å². The Balaban J connectivity index is 1.52. The Bertz CT molecular complexity index is 1200. The van der Waals surface area contributed by atoms with Gasteiger partial charge in [0.15, 0.2) is 5.90 Å². The van der Waals surface area contributed by atoms with Crippen LogP contribution in [-0.4, -0.2) is 46.8 Å². The zero-order valence-corrected chi connectivity index (χ0v) is 21.0. The quantitative estimate of drug-likeness (QED) is 0.347. The van der Waals surface area contributed by atoms with Crippen LogP contribution >= 0.6 is 0 Å². The third-order valence-corrected chi connectivity index (χ3v) is 9.29. The minimum absolute atomic E-state index is 0.142. The van der Waals surface area contributed by atoms with Gasteiger partial charge in [0.1, 0.15) is 17.4 Å². The summed E-state index contributed by atoms with van der Waals surface area (Å²) < 4.78 is 6.21. The monoisotopic (exact) mass is 495 g/mol. The summed E-state index contributed by atoms with van der Waals surface area (Å²) in [5.74, 6) is 0.903. The van der Waals surface area contributed by atoms with Crippen molar-refractivity contribution in [2.24, 2.45) is 55.2 Å². The highest BCUT2D eigenvalue weighted by atomic mass is 16.5. The Morgan fingerprint density at radius 2 is 1.94 bits per heavy atom. The van der Waals surface area contributed by atoms with Gasteiger partial charge >= 0.3 is 12.1 Å². The predicted molar refractivity (Wildman–Crippen MR) is 134 cm³/mol. The Morgan fingerprint density at radius 3 is 2.64 bits per heavy atom. The molecule has 1 heterocycles. The highest BCUT2D eigenvalue weighted by molar-refractivity contribution is 6.06. The average molecular weight is 496 g/mol. The van der Waals surface area contributed by atoms with Crippen LogP contribution in [0.4, 0.5) is 9.59 Å². The van der Waals surface area contributed by atoms with E-state index in [1.54, 1.807) is 0 Å². The number of hydrazone groups is 2. The number of ketones is 1. The molecule has 0 radical (unpaired) electrons. The van der Waals surface area contributed by atoms with E-state index in [4.69, 9.17) is 21.2 Å². The number of urea groups is 2. The molecule has 5 aliphatic rings. The fourth-order valence-corrected chi connectivity index (χ4v) is 7.98. The lowest BCUT2D eigenvalue weighted by atomic mass is 9.46. The van der Waals surface area contributed by atoms with Crippen molar-refractivity contribution in [3.63, 3.8) is 0 Å². The molecule has 7 atom stereocenters. The van der Waals surface area contributed by atoms with Gasteiger partial charge in [-0.25, -0.2) is 25.4 Å². The van der Waals surface area contributed by atoms with Gasteiger partial charge in [0.05, 0.1) is 11.4 Å². The summed E-state index contributed by atoms with van der Waals surface area (Å²) in [6, 6.07) is -1.47. The number of allylic oxidation sites excluding steroid dienone is 4.